The highest BCUT2D eigenvalue weighted by molar-refractivity contribution is 5.98. The van der Waals surface area contributed by atoms with Gasteiger partial charge >= 0.3 is 0 Å². The van der Waals surface area contributed by atoms with Crippen LogP contribution < -0.4 is 5.32 Å². The SMILES string of the molecule is C[C@@H](NC(=O)Cc1cccc2ccccc12)C(=O)N1CCC(C(=O)c2ccccc2)CC1. The number of nitrogens with zero attached hydrogens (tertiary/aromatic N) is 1. The number of benzene rings is 3. The fourth-order valence-electron chi connectivity index (χ4n) is 4.45. The number of rotatable bonds is 6. The number of ketones is 1. The minimum absolute atomic E-state index is 0.0577. The summed E-state index contributed by atoms with van der Waals surface area (Å²) < 4.78 is 0. The van der Waals surface area contributed by atoms with Crippen LogP contribution in [-0.2, 0) is 16.0 Å². The molecular weight excluding hydrogens is 400 g/mol. The molecule has 0 bridgehead atoms. The molecule has 0 aromatic heterocycles. The summed E-state index contributed by atoms with van der Waals surface area (Å²) in [6, 6.07) is 22.6. The summed E-state index contributed by atoms with van der Waals surface area (Å²) in [7, 11) is 0. The standard InChI is InChI=1S/C27H28N2O3/c1-19(28-25(30)18-23-12-7-11-20-8-5-6-13-24(20)23)27(32)29-16-14-22(15-17-29)26(31)21-9-3-2-4-10-21/h2-13,19,22H,14-18H2,1H3,(H,28,30)/t19-/m1/s1. The molecule has 0 unspecified atom stereocenters. The molecule has 0 radical (unpaired) electrons. The lowest BCUT2D eigenvalue weighted by Gasteiger charge is -2.33. The Morgan fingerprint density at radius 1 is 0.906 bits per heavy atom. The molecule has 1 saturated heterocycles. The fourth-order valence-corrected chi connectivity index (χ4v) is 4.45. The summed E-state index contributed by atoms with van der Waals surface area (Å²) >= 11 is 0. The topological polar surface area (TPSA) is 66.5 Å². The molecule has 0 aliphatic carbocycles. The zero-order valence-corrected chi connectivity index (χ0v) is 18.3. The number of Topliss-reactive ketones (excluding diaryl/α,β-unsaturated/α-hetero) is 1. The van der Waals surface area contributed by atoms with E-state index in [0.29, 0.717) is 25.9 Å². The first-order valence-corrected chi connectivity index (χ1v) is 11.2. The average Bonchev–Trinajstić information content (AvgIpc) is 2.84. The van der Waals surface area contributed by atoms with Crippen LogP contribution in [0.1, 0.15) is 35.7 Å². The number of amides is 2. The Bertz CT molecular complexity index is 1110. The van der Waals surface area contributed by atoms with Crippen molar-refractivity contribution >= 4 is 28.4 Å². The lowest BCUT2D eigenvalue weighted by molar-refractivity contribution is -0.136. The van der Waals surface area contributed by atoms with Crippen molar-refractivity contribution in [2.75, 3.05) is 13.1 Å². The van der Waals surface area contributed by atoms with Crippen molar-refractivity contribution in [1.29, 1.82) is 0 Å². The molecule has 1 aliphatic heterocycles. The van der Waals surface area contributed by atoms with Crippen molar-refractivity contribution in [2.24, 2.45) is 5.92 Å². The molecule has 2 amide bonds. The van der Waals surface area contributed by atoms with E-state index < -0.39 is 6.04 Å². The van der Waals surface area contributed by atoms with Crippen molar-refractivity contribution in [3.63, 3.8) is 0 Å². The van der Waals surface area contributed by atoms with Gasteiger partial charge in [0.05, 0.1) is 6.42 Å². The maximum Gasteiger partial charge on any atom is 0.244 e. The van der Waals surface area contributed by atoms with Gasteiger partial charge in [0.25, 0.3) is 0 Å². The highest BCUT2D eigenvalue weighted by atomic mass is 16.2. The van der Waals surface area contributed by atoms with Gasteiger partial charge in [-0.15, -0.1) is 0 Å². The molecule has 32 heavy (non-hydrogen) atoms. The van der Waals surface area contributed by atoms with E-state index in [4.69, 9.17) is 0 Å². The summed E-state index contributed by atoms with van der Waals surface area (Å²) in [5, 5.41) is 5.00. The quantitative estimate of drug-likeness (QED) is 0.604. The molecule has 1 N–H and O–H groups in total. The Kier molecular flexibility index (Phi) is 6.64. The third-order valence-corrected chi connectivity index (χ3v) is 6.21. The second-order valence-corrected chi connectivity index (χ2v) is 8.43. The fraction of sp³-hybridized carbons (Fsp3) is 0.296. The molecule has 5 heteroatoms. The Morgan fingerprint density at radius 2 is 1.56 bits per heavy atom. The molecule has 1 atom stereocenters. The van der Waals surface area contributed by atoms with E-state index in [1.165, 1.54) is 0 Å². The number of piperidine rings is 1. The Labute approximate surface area is 188 Å². The summed E-state index contributed by atoms with van der Waals surface area (Å²) in [6.07, 6.45) is 1.53. The molecule has 1 aliphatic rings. The molecule has 0 spiro atoms. The van der Waals surface area contributed by atoms with Crippen LogP contribution in [0.5, 0.6) is 0 Å². The van der Waals surface area contributed by atoms with E-state index in [1.807, 2.05) is 72.8 Å². The van der Waals surface area contributed by atoms with E-state index >= 15 is 0 Å². The van der Waals surface area contributed by atoms with Crippen LogP contribution in [0.15, 0.2) is 72.8 Å². The van der Waals surface area contributed by atoms with Crippen LogP contribution in [0.2, 0.25) is 0 Å². The first-order chi connectivity index (χ1) is 15.5. The maximum absolute atomic E-state index is 12.9. The van der Waals surface area contributed by atoms with Gasteiger partial charge in [-0.3, -0.25) is 14.4 Å². The van der Waals surface area contributed by atoms with Gasteiger partial charge < -0.3 is 10.2 Å². The Balaban J connectivity index is 1.30. The van der Waals surface area contributed by atoms with Gasteiger partial charge in [0, 0.05) is 24.6 Å². The van der Waals surface area contributed by atoms with Crippen LogP contribution in [0.3, 0.4) is 0 Å². The lowest BCUT2D eigenvalue weighted by Crippen LogP contribution is -2.50. The van der Waals surface area contributed by atoms with Gasteiger partial charge in [0.2, 0.25) is 11.8 Å². The van der Waals surface area contributed by atoms with E-state index in [9.17, 15) is 14.4 Å². The summed E-state index contributed by atoms with van der Waals surface area (Å²) in [5.74, 6) is -0.176. The van der Waals surface area contributed by atoms with Crippen LogP contribution >= 0.6 is 0 Å². The highest BCUT2D eigenvalue weighted by Crippen LogP contribution is 2.22. The molecule has 1 fully saturated rings. The van der Waals surface area contributed by atoms with Crippen LogP contribution in [0.25, 0.3) is 10.8 Å². The molecule has 3 aromatic carbocycles. The van der Waals surface area contributed by atoms with Gasteiger partial charge in [-0.1, -0.05) is 72.8 Å². The Morgan fingerprint density at radius 3 is 2.31 bits per heavy atom. The normalized spacial score (nSPS) is 15.3. The molecule has 5 nitrogen and oxygen atoms in total. The molecule has 4 rings (SSSR count). The highest BCUT2D eigenvalue weighted by Gasteiger charge is 2.30. The van der Waals surface area contributed by atoms with Crippen molar-refractivity contribution < 1.29 is 14.4 Å². The number of likely N-dealkylation sites (tertiary alicyclic amines) is 1. The van der Waals surface area contributed by atoms with Gasteiger partial charge in [-0.05, 0) is 36.1 Å². The van der Waals surface area contributed by atoms with Crippen LogP contribution in [-0.4, -0.2) is 41.6 Å². The zero-order valence-electron chi connectivity index (χ0n) is 18.3. The van der Waals surface area contributed by atoms with Crippen LogP contribution in [0, 0.1) is 5.92 Å². The first-order valence-electron chi connectivity index (χ1n) is 11.2. The Hall–Kier alpha value is -3.47. The number of nitrogens with one attached hydrogen (secondary N) is 1. The zero-order chi connectivity index (χ0) is 22.5. The second kappa shape index (κ2) is 9.77. The number of fused-ring (bicyclic) bond motifs is 1. The van der Waals surface area contributed by atoms with Gasteiger partial charge in [-0.25, -0.2) is 0 Å². The smallest absolute Gasteiger partial charge is 0.244 e. The second-order valence-electron chi connectivity index (χ2n) is 8.43. The summed E-state index contributed by atoms with van der Waals surface area (Å²) in [5.41, 5.74) is 1.67. The maximum atomic E-state index is 12.9. The summed E-state index contributed by atoms with van der Waals surface area (Å²) in [6.45, 7) is 2.79. The number of hydrogen-bond donors (Lipinski definition) is 1. The van der Waals surface area contributed by atoms with E-state index in [0.717, 1.165) is 21.9 Å². The van der Waals surface area contributed by atoms with E-state index in [2.05, 4.69) is 5.32 Å². The third kappa shape index (κ3) is 4.88. The summed E-state index contributed by atoms with van der Waals surface area (Å²) in [4.78, 5) is 39.9. The molecule has 1 heterocycles. The number of carbonyl (C=O) groups excluding carboxylic acids is 3. The third-order valence-electron chi connectivity index (χ3n) is 6.21. The predicted molar refractivity (Wildman–Crippen MR) is 125 cm³/mol. The van der Waals surface area contributed by atoms with Crippen molar-refractivity contribution in [2.45, 2.75) is 32.2 Å². The molecule has 164 valence electrons. The minimum atomic E-state index is -0.598. The largest absolute Gasteiger partial charge is 0.344 e. The van der Waals surface area contributed by atoms with Crippen molar-refractivity contribution in [1.82, 2.24) is 10.2 Å². The number of carbonyl (C=O) groups is 3. The molecule has 0 saturated carbocycles. The van der Waals surface area contributed by atoms with Gasteiger partial charge in [0.1, 0.15) is 6.04 Å². The average molecular weight is 429 g/mol. The minimum Gasteiger partial charge on any atom is -0.344 e. The lowest BCUT2D eigenvalue weighted by atomic mass is 9.88. The van der Waals surface area contributed by atoms with Crippen LogP contribution in [0.4, 0.5) is 0 Å². The number of hydrogen-bond acceptors (Lipinski definition) is 3. The van der Waals surface area contributed by atoms with Crippen molar-refractivity contribution in [3.8, 4) is 0 Å². The van der Waals surface area contributed by atoms with Gasteiger partial charge in [0.15, 0.2) is 5.78 Å². The predicted octanol–water partition coefficient (Wildman–Crippen LogP) is 4.01. The monoisotopic (exact) mass is 428 g/mol. The molecular formula is C27H28N2O3. The first kappa shape index (κ1) is 21.8. The van der Waals surface area contributed by atoms with E-state index in [-0.39, 0.29) is 29.9 Å². The van der Waals surface area contributed by atoms with Gasteiger partial charge in [-0.2, -0.15) is 0 Å². The van der Waals surface area contributed by atoms with Crippen molar-refractivity contribution in [3.05, 3.63) is 83.9 Å². The van der Waals surface area contributed by atoms with E-state index in [1.54, 1.807) is 11.8 Å². The molecule has 3 aromatic rings.